The lowest BCUT2D eigenvalue weighted by atomic mass is 10.2. The molecular weight excluding hydrogens is 198 g/mol. The molecule has 0 amide bonds. The van der Waals surface area contributed by atoms with E-state index in [-0.39, 0.29) is 6.04 Å². The normalized spacial score (nSPS) is 13.0. The van der Waals surface area contributed by atoms with E-state index in [0.29, 0.717) is 18.1 Å². The number of nitrogens with zero attached hydrogens (tertiary/aromatic N) is 2. The van der Waals surface area contributed by atoms with E-state index in [2.05, 4.69) is 15.5 Å². The third kappa shape index (κ3) is 2.00. The van der Waals surface area contributed by atoms with Crippen molar-refractivity contribution >= 4 is 11.3 Å². The molecule has 1 atom stereocenters. The highest BCUT2D eigenvalue weighted by Crippen LogP contribution is 2.12. The second-order valence-electron chi connectivity index (χ2n) is 3.14. The van der Waals surface area contributed by atoms with Crippen LogP contribution in [0.3, 0.4) is 0 Å². The molecule has 0 saturated heterocycles. The van der Waals surface area contributed by atoms with E-state index in [1.54, 1.807) is 11.3 Å². The fourth-order valence-corrected chi connectivity index (χ4v) is 1.76. The number of aromatic nitrogens is 2. The Labute approximate surface area is 85.7 Å². The predicted molar refractivity (Wildman–Crippen MR) is 54.0 cm³/mol. The van der Waals surface area contributed by atoms with E-state index in [1.807, 2.05) is 18.4 Å². The molecule has 0 aliphatic carbocycles. The number of hydrogen-bond donors (Lipinski definition) is 1. The van der Waals surface area contributed by atoms with Gasteiger partial charge in [0.15, 0.2) is 5.82 Å². The highest BCUT2D eigenvalue weighted by Gasteiger charge is 2.10. The lowest BCUT2D eigenvalue weighted by molar-refractivity contribution is 0.377. The first-order valence-corrected chi connectivity index (χ1v) is 5.29. The van der Waals surface area contributed by atoms with E-state index in [0.717, 1.165) is 0 Å². The van der Waals surface area contributed by atoms with Gasteiger partial charge in [0.2, 0.25) is 5.89 Å². The molecule has 14 heavy (non-hydrogen) atoms. The monoisotopic (exact) mass is 209 g/mol. The van der Waals surface area contributed by atoms with Crippen molar-refractivity contribution in [1.82, 2.24) is 10.1 Å². The minimum Gasteiger partial charge on any atom is -0.339 e. The smallest absolute Gasteiger partial charge is 0.231 e. The minimum atomic E-state index is -0.171. The molecule has 1 unspecified atom stereocenters. The first kappa shape index (κ1) is 9.36. The fourth-order valence-electron chi connectivity index (χ4n) is 1.09. The van der Waals surface area contributed by atoms with Gasteiger partial charge in [0, 0.05) is 0 Å². The first-order valence-electron chi connectivity index (χ1n) is 4.35. The maximum absolute atomic E-state index is 5.62. The third-order valence-corrected chi connectivity index (χ3v) is 2.56. The van der Waals surface area contributed by atoms with Crippen LogP contribution in [0.1, 0.15) is 30.2 Å². The third-order valence-electron chi connectivity index (χ3n) is 1.83. The standard InChI is InChI=1S/C9H11N3OS/c1-6(10)9-11-8(13-12-9)4-7-2-3-14-5-7/h2-3,5-6H,4,10H2,1H3. The Morgan fingerprint density at radius 1 is 1.64 bits per heavy atom. The molecule has 74 valence electrons. The van der Waals surface area contributed by atoms with E-state index in [1.165, 1.54) is 5.56 Å². The molecule has 0 saturated carbocycles. The van der Waals surface area contributed by atoms with E-state index in [4.69, 9.17) is 10.3 Å². The fraction of sp³-hybridized carbons (Fsp3) is 0.333. The Bertz CT molecular complexity index is 394. The topological polar surface area (TPSA) is 64.9 Å². The van der Waals surface area contributed by atoms with E-state index < -0.39 is 0 Å². The maximum Gasteiger partial charge on any atom is 0.231 e. The number of hydrogen-bond acceptors (Lipinski definition) is 5. The molecule has 0 fully saturated rings. The molecule has 4 nitrogen and oxygen atoms in total. The molecular formula is C9H11N3OS. The second-order valence-corrected chi connectivity index (χ2v) is 3.92. The molecule has 2 heterocycles. The molecule has 0 aliphatic rings. The van der Waals surface area contributed by atoms with Gasteiger partial charge in [-0.05, 0) is 29.3 Å². The molecule has 2 aromatic heterocycles. The molecule has 5 heteroatoms. The molecule has 0 radical (unpaired) electrons. The lowest BCUT2D eigenvalue weighted by Crippen LogP contribution is -2.06. The highest BCUT2D eigenvalue weighted by atomic mass is 32.1. The average molecular weight is 209 g/mol. The van der Waals surface area contributed by atoms with Crippen LogP contribution in [-0.2, 0) is 6.42 Å². The summed E-state index contributed by atoms with van der Waals surface area (Å²) in [5.41, 5.74) is 6.81. The maximum atomic E-state index is 5.62. The summed E-state index contributed by atoms with van der Waals surface area (Å²) >= 11 is 1.66. The van der Waals surface area contributed by atoms with Gasteiger partial charge < -0.3 is 10.3 Å². The summed E-state index contributed by atoms with van der Waals surface area (Å²) in [4.78, 5) is 4.19. The summed E-state index contributed by atoms with van der Waals surface area (Å²) in [5, 5.41) is 7.88. The second kappa shape index (κ2) is 3.89. The Hall–Kier alpha value is -1.20. The van der Waals surface area contributed by atoms with Crippen LogP contribution >= 0.6 is 11.3 Å². The van der Waals surface area contributed by atoms with Gasteiger partial charge in [-0.3, -0.25) is 0 Å². The molecule has 0 aliphatic heterocycles. The molecule has 0 spiro atoms. The van der Waals surface area contributed by atoms with Gasteiger partial charge in [0.1, 0.15) is 0 Å². The molecule has 0 aromatic carbocycles. The summed E-state index contributed by atoms with van der Waals surface area (Å²) in [7, 11) is 0. The SMILES string of the molecule is CC(N)c1noc(Cc2ccsc2)n1. The molecule has 2 N–H and O–H groups in total. The highest BCUT2D eigenvalue weighted by molar-refractivity contribution is 7.07. The molecule has 0 bridgehead atoms. The summed E-state index contributed by atoms with van der Waals surface area (Å²) < 4.78 is 5.06. The van der Waals surface area contributed by atoms with Crippen molar-refractivity contribution in [2.45, 2.75) is 19.4 Å². The lowest BCUT2D eigenvalue weighted by Gasteiger charge is -1.93. The van der Waals surface area contributed by atoms with Gasteiger partial charge in [-0.2, -0.15) is 16.3 Å². The van der Waals surface area contributed by atoms with E-state index in [9.17, 15) is 0 Å². The van der Waals surface area contributed by atoms with Gasteiger partial charge in [-0.15, -0.1) is 0 Å². The van der Waals surface area contributed by atoms with Crippen LogP contribution in [0.2, 0.25) is 0 Å². The largest absolute Gasteiger partial charge is 0.339 e. The van der Waals surface area contributed by atoms with Gasteiger partial charge in [-0.25, -0.2) is 0 Å². The Kier molecular flexibility index (Phi) is 2.60. The van der Waals surface area contributed by atoms with Crippen LogP contribution < -0.4 is 5.73 Å². The first-order chi connectivity index (χ1) is 6.75. The quantitative estimate of drug-likeness (QED) is 0.836. The Morgan fingerprint density at radius 2 is 2.50 bits per heavy atom. The Morgan fingerprint density at radius 3 is 3.07 bits per heavy atom. The summed E-state index contributed by atoms with van der Waals surface area (Å²) in [6, 6.07) is 1.87. The number of thiophene rings is 1. The van der Waals surface area contributed by atoms with Gasteiger partial charge >= 0.3 is 0 Å². The zero-order valence-corrected chi connectivity index (χ0v) is 8.62. The van der Waals surface area contributed by atoms with Crippen molar-refractivity contribution in [2.75, 3.05) is 0 Å². The van der Waals surface area contributed by atoms with Gasteiger partial charge in [0.25, 0.3) is 0 Å². The van der Waals surface area contributed by atoms with Gasteiger partial charge in [0.05, 0.1) is 12.5 Å². The van der Waals surface area contributed by atoms with Crippen molar-refractivity contribution in [1.29, 1.82) is 0 Å². The molecule has 2 aromatic rings. The van der Waals surface area contributed by atoms with Crippen LogP contribution in [0, 0.1) is 0 Å². The Balaban J connectivity index is 2.11. The molecule has 2 rings (SSSR count). The van der Waals surface area contributed by atoms with Crippen LogP contribution in [0.5, 0.6) is 0 Å². The van der Waals surface area contributed by atoms with Crippen LogP contribution in [0.4, 0.5) is 0 Å². The van der Waals surface area contributed by atoms with Crippen molar-refractivity contribution in [3.63, 3.8) is 0 Å². The predicted octanol–water partition coefficient (Wildman–Crippen LogP) is 1.74. The summed E-state index contributed by atoms with van der Waals surface area (Å²) in [6.07, 6.45) is 0.684. The van der Waals surface area contributed by atoms with Crippen molar-refractivity contribution in [3.05, 3.63) is 34.1 Å². The van der Waals surface area contributed by atoms with Crippen LogP contribution in [-0.4, -0.2) is 10.1 Å². The van der Waals surface area contributed by atoms with Crippen LogP contribution in [0.15, 0.2) is 21.3 Å². The van der Waals surface area contributed by atoms with E-state index >= 15 is 0 Å². The zero-order valence-electron chi connectivity index (χ0n) is 7.80. The summed E-state index contributed by atoms with van der Waals surface area (Å²) in [5.74, 6) is 1.19. The average Bonchev–Trinajstić information content (AvgIpc) is 2.75. The zero-order chi connectivity index (χ0) is 9.97. The minimum absolute atomic E-state index is 0.171. The van der Waals surface area contributed by atoms with Crippen molar-refractivity contribution in [3.8, 4) is 0 Å². The summed E-state index contributed by atoms with van der Waals surface area (Å²) in [6.45, 7) is 1.83. The number of nitrogens with two attached hydrogens (primary N) is 1. The van der Waals surface area contributed by atoms with Crippen molar-refractivity contribution in [2.24, 2.45) is 5.73 Å². The van der Waals surface area contributed by atoms with Gasteiger partial charge in [-0.1, -0.05) is 5.16 Å². The van der Waals surface area contributed by atoms with Crippen molar-refractivity contribution < 1.29 is 4.52 Å². The van der Waals surface area contributed by atoms with Crippen LogP contribution in [0.25, 0.3) is 0 Å². The number of rotatable bonds is 3.